The predicted molar refractivity (Wildman–Crippen MR) is 68.9 cm³/mol. The molecule has 15 heavy (non-hydrogen) atoms. The minimum Gasteiger partial charge on any atom is -0.399 e. The highest BCUT2D eigenvalue weighted by Crippen LogP contribution is 2.18. The largest absolute Gasteiger partial charge is 0.399 e. The Morgan fingerprint density at radius 2 is 1.60 bits per heavy atom. The van der Waals surface area contributed by atoms with Crippen LogP contribution in [0.5, 0.6) is 0 Å². The Hall–Kier alpha value is -1.02. The van der Waals surface area contributed by atoms with E-state index in [4.69, 9.17) is 11.5 Å². The lowest BCUT2D eigenvalue weighted by atomic mass is 9.99. The molecule has 0 spiro atoms. The Bertz CT molecular complexity index is 239. The van der Waals surface area contributed by atoms with E-state index in [1.165, 1.54) is 12.0 Å². The van der Waals surface area contributed by atoms with Crippen molar-refractivity contribution >= 4 is 5.69 Å². The van der Waals surface area contributed by atoms with Crippen LogP contribution in [0.1, 0.15) is 45.1 Å². The highest BCUT2D eigenvalue weighted by molar-refractivity contribution is 5.40. The van der Waals surface area contributed by atoms with Gasteiger partial charge in [0.25, 0.3) is 0 Å². The van der Waals surface area contributed by atoms with Crippen molar-refractivity contribution in [3.8, 4) is 0 Å². The van der Waals surface area contributed by atoms with E-state index in [0.29, 0.717) is 5.92 Å². The summed E-state index contributed by atoms with van der Waals surface area (Å²) in [7, 11) is 0. The van der Waals surface area contributed by atoms with Crippen molar-refractivity contribution < 1.29 is 0 Å². The molecule has 0 unspecified atom stereocenters. The van der Waals surface area contributed by atoms with Gasteiger partial charge in [-0.1, -0.05) is 32.9 Å². The van der Waals surface area contributed by atoms with Crippen molar-refractivity contribution in [2.75, 3.05) is 12.3 Å². The molecule has 0 amide bonds. The molecule has 0 radical (unpaired) electrons. The summed E-state index contributed by atoms with van der Waals surface area (Å²) in [6.07, 6.45) is 2.28. The third-order valence-corrected chi connectivity index (χ3v) is 2.41. The van der Waals surface area contributed by atoms with E-state index in [1.54, 1.807) is 0 Å². The van der Waals surface area contributed by atoms with Gasteiger partial charge in [-0.05, 0) is 43.0 Å². The quantitative estimate of drug-likeness (QED) is 0.750. The fourth-order valence-electron chi connectivity index (χ4n) is 1.06. The molecule has 2 nitrogen and oxygen atoms in total. The summed E-state index contributed by atoms with van der Waals surface area (Å²) >= 11 is 0. The fourth-order valence-corrected chi connectivity index (χ4v) is 1.06. The van der Waals surface area contributed by atoms with Crippen LogP contribution in [0.15, 0.2) is 24.3 Å². The van der Waals surface area contributed by atoms with Crippen molar-refractivity contribution in [1.82, 2.24) is 0 Å². The first-order valence-electron chi connectivity index (χ1n) is 5.71. The number of hydrogen-bond acceptors (Lipinski definition) is 2. The lowest BCUT2D eigenvalue weighted by Crippen LogP contribution is -1.93. The van der Waals surface area contributed by atoms with E-state index >= 15 is 0 Å². The van der Waals surface area contributed by atoms with Gasteiger partial charge in [-0.3, -0.25) is 0 Å². The molecule has 1 aromatic carbocycles. The van der Waals surface area contributed by atoms with Gasteiger partial charge in [0.1, 0.15) is 0 Å². The van der Waals surface area contributed by atoms with Gasteiger partial charge in [-0.2, -0.15) is 0 Å². The van der Waals surface area contributed by atoms with Crippen molar-refractivity contribution in [1.29, 1.82) is 0 Å². The fraction of sp³-hybridized carbons (Fsp3) is 0.538. The van der Waals surface area contributed by atoms with Crippen LogP contribution < -0.4 is 11.5 Å². The summed E-state index contributed by atoms with van der Waals surface area (Å²) in [5.74, 6) is 0.649. The molecule has 0 saturated carbocycles. The Morgan fingerprint density at radius 1 is 1.13 bits per heavy atom. The minimum absolute atomic E-state index is 0.649. The van der Waals surface area contributed by atoms with Crippen LogP contribution in [0.3, 0.4) is 0 Å². The molecule has 0 bridgehead atoms. The van der Waals surface area contributed by atoms with Gasteiger partial charge in [-0.25, -0.2) is 0 Å². The number of benzene rings is 1. The summed E-state index contributed by atoms with van der Waals surface area (Å²) in [5.41, 5.74) is 12.8. The van der Waals surface area contributed by atoms with E-state index < -0.39 is 0 Å². The summed E-state index contributed by atoms with van der Waals surface area (Å²) in [6.45, 7) is 7.30. The zero-order chi connectivity index (χ0) is 11.7. The van der Waals surface area contributed by atoms with Gasteiger partial charge < -0.3 is 11.5 Å². The normalized spacial score (nSPS) is 11.5. The van der Waals surface area contributed by atoms with Gasteiger partial charge in [0.15, 0.2) is 0 Å². The van der Waals surface area contributed by atoms with Gasteiger partial charge in [0.2, 0.25) is 0 Å². The van der Waals surface area contributed by atoms with Crippen LogP contribution in [-0.2, 0) is 0 Å². The molecule has 1 atom stereocenters. The first kappa shape index (κ1) is 14.0. The number of nitrogen functional groups attached to an aromatic ring is 1. The number of anilines is 1. The Balaban J connectivity index is 0.000000423. The second-order valence-electron chi connectivity index (χ2n) is 3.76. The first-order chi connectivity index (χ1) is 7.15. The van der Waals surface area contributed by atoms with Crippen LogP contribution in [0.25, 0.3) is 0 Å². The topological polar surface area (TPSA) is 52.0 Å². The predicted octanol–water partition coefficient (Wildman–Crippen LogP) is 3.14. The molecule has 2 heteroatoms. The second-order valence-corrected chi connectivity index (χ2v) is 3.76. The van der Waals surface area contributed by atoms with Gasteiger partial charge >= 0.3 is 0 Å². The van der Waals surface area contributed by atoms with E-state index in [0.717, 1.165) is 18.7 Å². The van der Waals surface area contributed by atoms with E-state index in [9.17, 15) is 0 Å². The lowest BCUT2D eigenvalue weighted by molar-refractivity contribution is 0.734. The summed E-state index contributed by atoms with van der Waals surface area (Å²) in [4.78, 5) is 0. The van der Waals surface area contributed by atoms with Crippen molar-refractivity contribution in [2.24, 2.45) is 5.73 Å². The van der Waals surface area contributed by atoms with Crippen LogP contribution in [0, 0.1) is 0 Å². The van der Waals surface area contributed by atoms with Gasteiger partial charge in [-0.15, -0.1) is 0 Å². The van der Waals surface area contributed by atoms with Crippen LogP contribution in [-0.4, -0.2) is 6.54 Å². The molecule has 86 valence electrons. The molecule has 0 aliphatic rings. The van der Waals surface area contributed by atoms with Crippen molar-refractivity contribution in [3.63, 3.8) is 0 Å². The Kier molecular flexibility index (Phi) is 7.74. The van der Waals surface area contributed by atoms with Crippen LogP contribution in [0.4, 0.5) is 5.69 Å². The Morgan fingerprint density at radius 3 is 1.93 bits per heavy atom. The maximum Gasteiger partial charge on any atom is 0.0314 e. The second kappa shape index (κ2) is 8.30. The summed E-state index contributed by atoms with van der Waals surface area (Å²) in [6, 6.07) is 8.12. The maximum absolute atomic E-state index is 5.57. The smallest absolute Gasteiger partial charge is 0.0314 e. The molecule has 1 rings (SSSR count). The standard InChI is InChI=1S/C10H15N.C3H9N/c1-3-8(2)9-4-6-10(11)7-5-9;1-2-3-4/h4-8H,3,11H2,1-2H3;2-4H2,1H3/t8-;/m1./s1. The van der Waals surface area contributed by atoms with Crippen molar-refractivity contribution in [2.45, 2.75) is 39.5 Å². The summed E-state index contributed by atoms with van der Waals surface area (Å²) in [5, 5.41) is 0. The monoisotopic (exact) mass is 208 g/mol. The van der Waals surface area contributed by atoms with Gasteiger partial charge in [0, 0.05) is 5.69 Å². The third kappa shape index (κ3) is 6.13. The molecule has 0 aliphatic carbocycles. The molecule has 0 heterocycles. The highest BCUT2D eigenvalue weighted by atomic mass is 14.5. The molecular formula is C13H24N2. The highest BCUT2D eigenvalue weighted by Gasteiger charge is 2.00. The van der Waals surface area contributed by atoms with Crippen LogP contribution in [0.2, 0.25) is 0 Å². The molecule has 0 aliphatic heterocycles. The van der Waals surface area contributed by atoms with Gasteiger partial charge in [0.05, 0.1) is 0 Å². The Labute approximate surface area is 93.7 Å². The number of nitrogens with two attached hydrogens (primary N) is 2. The summed E-state index contributed by atoms with van der Waals surface area (Å²) < 4.78 is 0. The molecule has 0 fully saturated rings. The van der Waals surface area contributed by atoms with Crippen LogP contribution >= 0.6 is 0 Å². The maximum atomic E-state index is 5.57. The zero-order valence-electron chi connectivity index (χ0n) is 10.2. The molecule has 0 saturated heterocycles. The number of rotatable bonds is 3. The minimum atomic E-state index is 0.649. The number of hydrogen-bond donors (Lipinski definition) is 2. The molecule has 0 aromatic heterocycles. The lowest BCUT2D eigenvalue weighted by Gasteiger charge is -2.07. The molecule has 4 N–H and O–H groups in total. The van der Waals surface area contributed by atoms with Crippen molar-refractivity contribution in [3.05, 3.63) is 29.8 Å². The van der Waals surface area contributed by atoms with E-state index in [-0.39, 0.29) is 0 Å². The SMILES string of the molecule is CCCN.CC[C@@H](C)c1ccc(N)cc1. The third-order valence-electron chi connectivity index (χ3n) is 2.41. The molecule has 1 aromatic rings. The molecular weight excluding hydrogens is 184 g/mol. The van der Waals surface area contributed by atoms with E-state index in [1.807, 2.05) is 12.1 Å². The average molecular weight is 208 g/mol. The first-order valence-corrected chi connectivity index (χ1v) is 5.71. The zero-order valence-corrected chi connectivity index (χ0v) is 10.2. The van der Waals surface area contributed by atoms with E-state index in [2.05, 4.69) is 32.9 Å². The average Bonchev–Trinajstić information content (AvgIpc) is 2.29.